The Hall–Kier alpha value is -1.51. The second-order valence-corrected chi connectivity index (χ2v) is 5.68. The zero-order valence-electron chi connectivity index (χ0n) is 10.6. The van der Waals surface area contributed by atoms with Gasteiger partial charge in [-0.25, -0.2) is 0 Å². The molecular weight excluding hydrogens is 258 g/mol. The topological polar surface area (TPSA) is 35.2 Å². The second-order valence-electron chi connectivity index (χ2n) is 5.24. The van der Waals surface area contributed by atoms with Gasteiger partial charge in [0.25, 0.3) is 0 Å². The summed E-state index contributed by atoms with van der Waals surface area (Å²) in [6, 6.07) is 15.9. The number of para-hydroxylation sites is 1. The average Bonchev–Trinajstić information content (AvgIpc) is 2.41. The minimum Gasteiger partial charge on any atom is -0.491 e. The maximum atomic E-state index is 6.49. The van der Waals surface area contributed by atoms with E-state index in [-0.39, 0.29) is 5.54 Å². The number of fused-ring (bicyclic) bond motifs is 1. The van der Waals surface area contributed by atoms with Crippen LogP contribution in [0.4, 0.5) is 0 Å². The molecule has 2 aromatic rings. The van der Waals surface area contributed by atoms with Gasteiger partial charge in [-0.05, 0) is 42.2 Å². The summed E-state index contributed by atoms with van der Waals surface area (Å²) in [5, 5.41) is 0.750. The molecule has 0 saturated carbocycles. The standard InChI is InChI=1S/C16H16ClNO/c17-14-7-5-12(6-8-14)9-16(18)10-13-3-1-2-4-15(13)19-11-16/h1-8H,9-11,18H2. The van der Waals surface area contributed by atoms with Gasteiger partial charge in [0.1, 0.15) is 12.4 Å². The first-order valence-corrected chi connectivity index (χ1v) is 6.76. The lowest BCUT2D eigenvalue weighted by molar-refractivity contribution is 0.190. The molecule has 2 aromatic carbocycles. The highest BCUT2D eigenvalue weighted by atomic mass is 35.5. The molecule has 0 bridgehead atoms. The van der Waals surface area contributed by atoms with Gasteiger partial charge >= 0.3 is 0 Å². The van der Waals surface area contributed by atoms with Gasteiger partial charge in [0.05, 0.1) is 5.54 Å². The van der Waals surface area contributed by atoms with Crippen molar-refractivity contribution in [3.8, 4) is 5.75 Å². The van der Waals surface area contributed by atoms with Crippen LogP contribution in [0.2, 0.25) is 5.02 Å². The van der Waals surface area contributed by atoms with Crippen LogP contribution in [0.15, 0.2) is 48.5 Å². The molecule has 1 heterocycles. The summed E-state index contributed by atoms with van der Waals surface area (Å²) in [5.41, 5.74) is 8.52. The highest BCUT2D eigenvalue weighted by Crippen LogP contribution is 2.30. The first-order valence-electron chi connectivity index (χ1n) is 6.39. The number of halogens is 1. The van der Waals surface area contributed by atoms with Gasteiger partial charge in [0, 0.05) is 5.02 Å². The summed E-state index contributed by atoms with van der Waals surface area (Å²) < 4.78 is 5.78. The first-order chi connectivity index (χ1) is 9.15. The second kappa shape index (κ2) is 4.87. The van der Waals surface area contributed by atoms with Crippen molar-refractivity contribution in [1.82, 2.24) is 0 Å². The number of nitrogens with two attached hydrogens (primary N) is 1. The van der Waals surface area contributed by atoms with E-state index in [1.54, 1.807) is 0 Å². The molecule has 2 N–H and O–H groups in total. The third-order valence-electron chi connectivity index (χ3n) is 3.50. The predicted molar refractivity (Wildman–Crippen MR) is 77.7 cm³/mol. The first kappa shape index (κ1) is 12.5. The van der Waals surface area contributed by atoms with Crippen LogP contribution in [-0.4, -0.2) is 12.1 Å². The highest BCUT2D eigenvalue weighted by molar-refractivity contribution is 6.30. The quantitative estimate of drug-likeness (QED) is 0.912. The molecule has 3 heteroatoms. The van der Waals surface area contributed by atoms with Crippen molar-refractivity contribution in [2.75, 3.05) is 6.61 Å². The zero-order valence-corrected chi connectivity index (χ0v) is 11.4. The number of rotatable bonds is 2. The Balaban J connectivity index is 1.80. The molecule has 1 aliphatic rings. The molecule has 0 aromatic heterocycles. The Morgan fingerprint density at radius 2 is 1.84 bits per heavy atom. The van der Waals surface area contributed by atoms with E-state index in [1.165, 1.54) is 11.1 Å². The van der Waals surface area contributed by atoms with Crippen LogP contribution < -0.4 is 10.5 Å². The monoisotopic (exact) mass is 273 g/mol. The SMILES string of the molecule is NC1(Cc2ccc(Cl)cc2)COc2ccccc2C1. The highest BCUT2D eigenvalue weighted by Gasteiger charge is 2.31. The minimum absolute atomic E-state index is 0.345. The number of benzene rings is 2. The van der Waals surface area contributed by atoms with Crippen molar-refractivity contribution in [2.45, 2.75) is 18.4 Å². The summed E-state index contributed by atoms with van der Waals surface area (Å²) in [6.07, 6.45) is 1.63. The number of hydrogen-bond acceptors (Lipinski definition) is 2. The molecule has 1 aliphatic heterocycles. The lowest BCUT2D eigenvalue weighted by Crippen LogP contribution is -2.51. The van der Waals surface area contributed by atoms with Gasteiger partial charge in [-0.3, -0.25) is 0 Å². The largest absolute Gasteiger partial charge is 0.491 e. The van der Waals surface area contributed by atoms with Gasteiger partial charge in [-0.1, -0.05) is 41.9 Å². The molecular formula is C16H16ClNO. The summed E-state index contributed by atoms with van der Waals surface area (Å²) >= 11 is 5.90. The van der Waals surface area contributed by atoms with Crippen molar-refractivity contribution in [3.63, 3.8) is 0 Å². The molecule has 0 fully saturated rings. The van der Waals surface area contributed by atoms with E-state index in [0.29, 0.717) is 6.61 Å². The summed E-state index contributed by atoms with van der Waals surface area (Å²) in [5.74, 6) is 0.958. The summed E-state index contributed by atoms with van der Waals surface area (Å²) in [4.78, 5) is 0. The van der Waals surface area contributed by atoms with Crippen molar-refractivity contribution in [2.24, 2.45) is 5.73 Å². The Morgan fingerprint density at radius 1 is 1.11 bits per heavy atom. The van der Waals surface area contributed by atoms with Crippen LogP contribution in [0, 0.1) is 0 Å². The van der Waals surface area contributed by atoms with Gasteiger partial charge in [-0.15, -0.1) is 0 Å². The fourth-order valence-electron chi connectivity index (χ4n) is 2.56. The molecule has 1 atom stereocenters. The van der Waals surface area contributed by atoms with Gasteiger partial charge in [0.15, 0.2) is 0 Å². The molecule has 0 radical (unpaired) electrons. The Bertz CT molecular complexity index is 582. The Labute approximate surface area is 118 Å². The van der Waals surface area contributed by atoms with Crippen LogP contribution in [0.1, 0.15) is 11.1 Å². The van der Waals surface area contributed by atoms with Gasteiger partial charge < -0.3 is 10.5 Å². The Kier molecular flexibility index (Phi) is 3.21. The van der Waals surface area contributed by atoms with Gasteiger partial charge in [0.2, 0.25) is 0 Å². The summed E-state index contributed by atoms with van der Waals surface area (Å²) in [7, 11) is 0. The van der Waals surface area contributed by atoms with Crippen molar-refractivity contribution < 1.29 is 4.74 Å². The molecule has 0 saturated heterocycles. The van der Waals surface area contributed by atoms with Crippen molar-refractivity contribution in [1.29, 1.82) is 0 Å². The zero-order chi connectivity index (χ0) is 13.3. The van der Waals surface area contributed by atoms with E-state index in [9.17, 15) is 0 Å². The van der Waals surface area contributed by atoms with E-state index < -0.39 is 0 Å². The fourth-order valence-corrected chi connectivity index (χ4v) is 2.69. The van der Waals surface area contributed by atoms with Crippen LogP contribution in [-0.2, 0) is 12.8 Å². The number of ether oxygens (including phenoxy) is 1. The fraction of sp³-hybridized carbons (Fsp3) is 0.250. The molecule has 0 amide bonds. The molecule has 0 spiro atoms. The molecule has 19 heavy (non-hydrogen) atoms. The lowest BCUT2D eigenvalue weighted by atomic mass is 9.84. The van der Waals surface area contributed by atoms with Gasteiger partial charge in [-0.2, -0.15) is 0 Å². The van der Waals surface area contributed by atoms with Crippen molar-refractivity contribution in [3.05, 3.63) is 64.7 Å². The molecule has 1 unspecified atom stereocenters. The van der Waals surface area contributed by atoms with Crippen LogP contribution in [0.5, 0.6) is 5.75 Å². The van der Waals surface area contributed by atoms with E-state index in [4.69, 9.17) is 22.1 Å². The van der Waals surface area contributed by atoms with Crippen LogP contribution in [0.3, 0.4) is 0 Å². The van der Waals surface area contributed by atoms with Crippen LogP contribution in [0.25, 0.3) is 0 Å². The smallest absolute Gasteiger partial charge is 0.122 e. The maximum Gasteiger partial charge on any atom is 0.122 e. The predicted octanol–water partition coefficient (Wildman–Crippen LogP) is 3.22. The normalized spacial score (nSPS) is 21.6. The third kappa shape index (κ3) is 2.75. The third-order valence-corrected chi connectivity index (χ3v) is 3.75. The molecule has 98 valence electrons. The molecule has 3 rings (SSSR count). The van der Waals surface area contributed by atoms with E-state index in [2.05, 4.69) is 6.07 Å². The van der Waals surface area contributed by atoms with Crippen molar-refractivity contribution >= 4 is 11.6 Å². The summed E-state index contributed by atoms with van der Waals surface area (Å²) in [6.45, 7) is 0.548. The van der Waals surface area contributed by atoms with Crippen LogP contribution >= 0.6 is 11.6 Å². The lowest BCUT2D eigenvalue weighted by Gasteiger charge is -2.34. The molecule has 0 aliphatic carbocycles. The maximum absolute atomic E-state index is 6.49. The molecule has 2 nitrogen and oxygen atoms in total. The van der Waals surface area contributed by atoms with E-state index >= 15 is 0 Å². The number of hydrogen-bond donors (Lipinski definition) is 1. The average molecular weight is 274 g/mol. The minimum atomic E-state index is -0.345. The Morgan fingerprint density at radius 3 is 2.63 bits per heavy atom. The van der Waals surface area contributed by atoms with E-state index in [1.807, 2.05) is 42.5 Å². The van der Waals surface area contributed by atoms with E-state index in [0.717, 1.165) is 23.6 Å².